The van der Waals surface area contributed by atoms with Crippen molar-refractivity contribution in [3.05, 3.63) is 0 Å². The standard InChI is InChI=1S/C17H33NO/c1-5-19-16-11-15(12-16)18-14-8-6-7-13(9-10-14)17(2,3)4/h13-16,18H,5-12H2,1-4H3. The molecule has 2 heteroatoms. The van der Waals surface area contributed by atoms with E-state index < -0.39 is 0 Å². The van der Waals surface area contributed by atoms with Gasteiger partial charge in [0.2, 0.25) is 0 Å². The molecular weight excluding hydrogens is 234 g/mol. The topological polar surface area (TPSA) is 21.3 Å². The highest BCUT2D eigenvalue weighted by atomic mass is 16.5. The van der Waals surface area contributed by atoms with Gasteiger partial charge in [0.1, 0.15) is 0 Å². The van der Waals surface area contributed by atoms with Gasteiger partial charge in [-0.15, -0.1) is 0 Å². The summed E-state index contributed by atoms with van der Waals surface area (Å²) in [6, 6.07) is 1.49. The molecule has 0 heterocycles. The second-order valence-electron chi connectivity index (χ2n) is 7.68. The Kier molecular flexibility index (Phi) is 5.30. The van der Waals surface area contributed by atoms with Crippen LogP contribution >= 0.6 is 0 Å². The highest BCUT2D eigenvalue weighted by Crippen LogP contribution is 2.37. The summed E-state index contributed by atoms with van der Waals surface area (Å²) in [6.45, 7) is 10.2. The zero-order valence-electron chi connectivity index (χ0n) is 13.4. The summed E-state index contributed by atoms with van der Waals surface area (Å²) in [6.07, 6.45) is 9.98. The van der Waals surface area contributed by atoms with Crippen LogP contribution < -0.4 is 5.32 Å². The first-order valence-corrected chi connectivity index (χ1v) is 8.36. The van der Waals surface area contributed by atoms with E-state index in [0.29, 0.717) is 11.5 Å². The monoisotopic (exact) mass is 267 g/mol. The summed E-state index contributed by atoms with van der Waals surface area (Å²) in [5.74, 6) is 0.914. The fourth-order valence-electron chi connectivity index (χ4n) is 3.74. The van der Waals surface area contributed by atoms with Crippen molar-refractivity contribution in [1.82, 2.24) is 5.32 Å². The number of ether oxygens (including phenoxy) is 1. The van der Waals surface area contributed by atoms with Crippen LogP contribution in [0.1, 0.15) is 72.6 Å². The lowest BCUT2D eigenvalue weighted by atomic mass is 9.76. The average molecular weight is 267 g/mol. The Morgan fingerprint density at radius 1 is 1.00 bits per heavy atom. The summed E-state index contributed by atoms with van der Waals surface area (Å²) >= 11 is 0. The number of rotatable bonds is 4. The van der Waals surface area contributed by atoms with Crippen LogP contribution in [0, 0.1) is 11.3 Å². The molecule has 2 aliphatic rings. The van der Waals surface area contributed by atoms with Gasteiger partial charge >= 0.3 is 0 Å². The fraction of sp³-hybridized carbons (Fsp3) is 1.00. The Bertz CT molecular complexity index is 265. The van der Waals surface area contributed by atoms with Crippen molar-refractivity contribution in [1.29, 1.82) is 0 Å². The average Bonchev–Trinajstić information content (AvgIpc) is 2.51. The van der Waals surface area contributed by atoms with E-state index in [0.717, 1.165) is 24.6 Å². The Hall–Kier alpha value is -0.0800. The summed E-state index contributed by atoms with van der Waals surface area (Å²) < 4.78 is 5.64. The van der Waals surface area contributed by atoms with Gasteiger partial charge in [-0.3, -0.25) is 0 Å². The van der Waals surface area contributed by atoms with Gasteiger partial charge in [0.15, 0.2) is 0 Å². The van der Waals surface area contributed by atoms with Crippen LogP contribution in [0.3, 0.4) is 0 Å². The molecule has 0 aliphatic heterocycles. The predicted octanol–water partition coefficient (Wildman–Crippen LogP) is 4.14. The lowest BCUT2D eigenvalue weighted by molar-refractivity contribution is -0.0128. The second kappa shape index (κ2) is 6.58. The van der Waals surface area contributed by atoms with Gasteiger partial charge in [-0.25, -0.2) is 0 Å². The lowest BCUT2D eigenvalue weighted by Gasteiger charge is -2.38. The normalized spacial score (nSPS) is 36.6. The lowest BCUT2D eigenvalue weighted by Crippen LogP contribution is -2.49. The Morgan fingerprint density at radius 2 is 1.74 bits per heavy atom. The molecule has 0 aromatic rings. The van der Waals surface area contributed by atoms with Gasteiger partial charge in [0.25, 0.3) is 0 Å². The van der Waals surface area contributed by atoms with Crippen LogP contribution in [0.25, 0.3) is 0 Å². The maximum Gasteiger partial charge on any atom is 0.0604 e. The van der Waals surface area contributed by atoms with Crippen LogP contribution in [0.5, 0.6) is 0 Å². The van der Waals surface area contributed by atoms with E-state index >= 15 is 0 Å². The molecule has 0 spiro atoms. The van der Waals surface area contributed by atoms with E-state index in [1.54, 1.807) is 0 Å². The van der Waals surface area contributed by atoms with Crippen LogP contribution in [-0.2, 0) is 4.74 Å². The summed E-state index contributed by atoms with van der Waals surface area (Å²) in [4.78, 5) is 0. The second-order valence-corrected chi connectivity index (χ2v) is 7.68. The van der Waals surface area contributed by atoms with Gasteiger partial charge in [-0.2, -0.15) is 0 Å². The minimum Gasteiger partial charge on any atom is -0.378 e. The van der Waals surface area contributed by atoms with Crippen LogP contribution in [0.2, 0.25) is 0 Å². The highest BCUT2D eigenvalue weighted by molar-refractivity contribution is 4.90. The SMILES string of the molecule is CCOC1CC(NC2CCCC(C(C)(C)C)CC2)C1. The molecule has 2 nitrogen and oxygen atoms in total. The molecule has 0 aromatic carbocycles. The minimum atomic E-state index is 0.491. The number of nitrogens with one attached hydrogen (secondary N) is 1. The van der Waals surface area contributed by atoms with Crippen molar-refractivity contribution in [3.8, 4) is 0 Å². The predicted molar refractivity (Wildman–Crippen MR) is 81.4 cm³/mol. The first-order valence-electron chi connectivity index (χ1n) is 8.36. The van der Waals surface area contributed by atoms with E-state index in [-0.39, 0.29) is 0 Å². The zero-order valence-corrected chi connectivity index (χ0v) is 13.4. The molecule has 2 fully saturated rings. The molecule has 2 atom stereocenters. The molecule has 0 amide bonds. The first kappa shape index (κ1) is 15.3. The van der Waals surface area contributed by atoms with Crippen molar-refractivity contribution >= 4 is 0 Å². The molecule has 1 N–H and O–H groups in total. The van der Waals surface area contributed by atoms with E-state index in [2.05, 4.69) is 33.0 Å². The van der Waals surface area contributed by atoms with Crippen molar-refractivity contribution < 1.29 is 4.74 Å². The maximum absolute atomic E-state index is 5.64. The molecule has 2 unspecified atom stereocenters. The van der Waals surface area contributed by atoms with Crippen molar-refractivity contribution in [2.45, 2.75) is 90.8 Å². The van der Waals surface area contributed by atoms with Crippen LogP contribution in [-0.4, -0.2) is 24.8 Å². The molecule has 2 saturated carbocycles. The molecule has 0 radical (unpaired) electrons. The van der Waals surface area contributed by atoms with E-state index in [4.69, 9.17) is 4.74 Å². The maximum atomic E-state index is 5.64. The molecule has 2 rings (SSSR count). The Balaban J connectivity index is 1.69. The summed E-state index contributed by atoms with van der Waals surface area (Å²) in [5, 5.41) is 3.88. The summed E-state index contributed by atoms with van der Waals surface area (Å²) in [5.41, 5.74) is 0.491. The van der Waals surface area contributed by atoms with Gasteiger partial charge in [0, 0.05) is 18.7 Å². The Labute approximate surface area is 119 Å². The van der Waals surface area contributed by atoms with Crippen molar-refractivity contribution in [2.24, 2.45) is 11.3 Å². The number of hydrogen-bond acceptors (Lipinski definition) is 2. The van der Waals surface area contributed by atoms with Crippen molar-refractivity contribution in [3.63, 3.8) is 0 Å². The van der Waals surface area contributed by atoms with Gasteiger partial charge in [-0.05, 0) is 56.8 Å². The van der Waals surface area contributed by atoms with Crippen LogP contribution in [0.15, 0.2) is 0 Å². The first-order chi connectivity index (χ1) is 8.99. The third-order valence-electron chi connectivity index (χ3n) is 5.16. The molecule has 2 aliphatic carbocycles. The molecular formula is C17H33NO. The minimum absolute atomic E-state index is 0.491. The molecule has 0 saturated heterocycles. The van der Waals surface area contributed by atoms with Gasteiger partial charge in [0.05, 0.1) is 6.10 Å². The smallest absolute Gasteiger partial charge is 0.0604 e. The van der Waals surface area contributed by atoms with E-state index in [1.807, 2.05) is 0 Å². The molecule has 0 aromatic heterocycles. The zero-order chi connectivity index (χ0) is 13.9. The van der Waals surface area contributed by atoms with Gasteiger partial charge in [-0.1, -0.05) is 27.2 Å². The third-order valence-corrected chi connectivity index (χ3v) is 5.16. The molecule has 112 valence electrons. The highest BCUT2D eigenvalue weighted by Gasteiger charge is 2.33. The number of hydrogen-bond donors (Lipinski definition) is 1. The largest absolute Gasteiger partial charge is 0.378 e. The van der Waals surface area contributed by atoms with Crippen LogP contribution in [0.4, 0.5) is 0 Å². The van der Waals surface area contributed by atoms with E-state index in [9.17, 15) is 0 Å². The fourth-order valence-corrected chi connectivity index (χ4v) is 3.74. The molecule has 0 bridgehead atoms. The summed E-state index contributed by atoms with van der Waals surface area (Å²) in [7, 11) is 0. The van der Waals surface area contributed by atoms with E-state index in [1.165, 1.54) is 44.9 Å². The molecule has 19 heavy (non-hydrogen) atoms. The quantitative estimate of drug-likeness (QED) is 0.773. The van der Waals surface area contributed by atoms with Crippen molar-refractivity contribution in [2.75, 3.05) is 6.61 Å². The third kappa shape index (κ3) is 4.46. The Morgan fingerprint density at radius 3 is 2.37 bits per heavy atom. The van der Waals surface area contributed by atoms with Gasteiger partial charge < -0.3 is 10.1 Å².